The van der Waals surface area contributed by atoms with Crippen molar-refractivity contribution in [2.45, 2.75) is 25.7 Å². The van der Waals surface area contributed by atoms with Gasteiger partial charge in [0.05, 0.1) is 0 Å². The highest BCUT2D eigenvalue weighted by Gasteiger charge is 2.39. The van der Waals surface area contributed by atoms with Gasteiger partial charge in [-0.05, 0) is 49.1 Å². The second-order valence-electron chi connectivity index (χ2n) is 6.35. The van der Waals surface area contributed by atoms with Crippen molar-refractivity contribution >= 4 is 11.5 Å². The van der Waals surface area contributed by atoms with E-state index in [-0.39, 0.29) is 5.84 Å². The van der Waals surface area contributed by atoms with Crippen LogP contribution in [0.5, 0.6) is 0 Å². The van der Waals surface area contributed by atoms with Crippen molar-refractivity contribution in [3.05, 3.63) is 29.8 Å². The van der Waals surface area contributed by atoms with Crippen LogP contribution in [0.25, 0.3) is 0 Å². The smallest absolute Gasteiger partial charge is 0.170 e. The zero-order valence-electron chi connectivity index (χ0n) is 12.0. The lowest BCUT2D eigenvalue weighted by Crippen LogP contribution is -2.28. The second-order valence-corrected chi connectivity index (χ2v) is 6.35. The molecule has 20 heavy (non-hydrogen) atoms. The van der Waals surface area contributed by atoms with E-state index in [1.165, 1.54) is 25.7 Å². The number of amidine groups is 1. The third-order valence-electron chi connectivity index (χ3n) is 5.08. The summed E-state index contributed by atoms with van der Waals surface area (Å²) < 4.78 is 0. The summed E-state index contributed by atoms with van der Waals surface area (Å²) in [5.41, 5.74) is 7.56. The van der Waals surface area contributed by atoms with E-state index in [1.54, 1.807) is 0 Å². The maximum atomic E-state index is 8.77. The molecule has 3 N–H and O–H groups in total. The summed E-state index contributed by atoms with van der Waals surface area (Å²) in [6.45, 7) is 1.11. The number of rotatable bonds is 4. The molecule has 0 aromatic heterocycles. The van der Waals surface area contributed by atoms with Crippen molar-refractivity contribution in [2.75, 3.05) is 18.5 Å². The van der Waals surface area contributed by atoms with Gasteiger partial charge in [-0.2, -0.15) is 0 Å². The van der Waals surface area contributed by atoms with E-state index >= 15 is 0 Å². The molecule has 3 unspecified atom stereocenters. The molecule has 2 aliphatic carbocycles. The molecule has 0 radical (unpaired) electrons. The Morgan fingerprint density at radius 1 is 1.40 bits per heavy atom. The zero-order chi connectivity index (χ0) is 14.1. The highest BCUT2D eigenvalue weighted by atomic mass is 16.4. The van der Waals surface area contributed by atoms with Crippen LogP contribution in [0.15, 0.2) is 29.4 Å². The summed E-state index contributed by atoms with van der Waals surface area (Å²) in [4.78, 5) is 2.31. The number of anilines is 1. The minimum Gasteiger partial charge on any atom is -0.409 e. The van der Waals surface area contributed by atoms with E-state index in [0.29, 0.717) is 0 Å². The van der Waals surface area contributed by atoms with E-state index in [0.717, 1.165) is 35.5 Å². The lowest BCUT2D eigenvalue weighted by Gasteiger charge is -2.28. The fraction of sp³-hybridized carbons (Fsp3) is 0.562. The number of hydrogen-bond donors (Lipinski definition) is 2. The average molecular weight is 273 g/mol. The second kappa shape index (κ2) is 5.35. The average Bonchev–Trinajstić information content (AvgIpc) is 3.09. The molecule has 4 heteroatoms. The maximum Gasteiger partial charge on any atom is 0.170 e. The molecule has 1 aromatic carbocycles. The molecular weight excluding hydrogens is 250 g/mol. The van der Waals surface area contributed by atoms with Gasteiger partial charge in [0, 0.05) is 24.8 Å². The summed E-state index contributed by atoms with van der Waals surface area (Å²) in [6, 6.07) is 7.90. The zero-order valence-corrected chi connectivity index (χ0v) is 12.0. The predicted molar refractivity (Wildman–Crippen MR) is 81.2 cm³/mol. The van der Waals surface area contributed by atoms with E-state index < -0.39 is 0 Å². The predicted octanol–water partition coefficient (Wildman–Crippen LogP) is 2.65. The molecule has 3 atom stereocenters. The summed E-state index contributed by atoms with van der Waals surface area (Å²) in [5.74, 6) is 2.93. The van der Waals surface area contributed by atoms with Crippen molar-refractivity contribution in [3.8, 4) is 0 Å². The molecule has 0 amide bonds. The topological polar surface area (TPSA) is 61.8 Å². The van der Waals surface area contributed by atoms with Gasteiger partial charge in [-0.1, -0.05) is 23.7 Å². The van der Waals surface area contributed by atoms with Crippen LogP contribution < -0.4 is 10.6 Å². The Bertz CT molecular complexity index is 514. The highest BCUT2D eigenvalue weighted by molar-refractivity contribution is 5.97. The lowest BCUT2D eigenvalue weighted by molar-refractivity contribution is 0.318. The van der Waals surface area contributed by atoms with Crippen LogP contribution in [-0.2, 0) is 0 Å². The Kier molecular flexibility index (Phi) is 3.55. The first kappa shape index (κ1) is 13.3. The van der Waals surface area contributed by atoms with Gasteiger partial charge in [-0.15, -0.1) is 0 Å². The van der Waals surface area contributed by atoms with E-state index in [1.807, 2.05) is 18.2 Å². The summed E-state index contributed by atoms with van der Waals surface area (Å²) in [7, 11) is 2.14. The van der Waals surface area contributed by atoms with Gasteiger partial charge in [0.1, 0.15) is 0 Å². The Labute approximate surface area is 120 Å². The van der Waals surface area contributed by atoms with Gasteiger partial charge in [0.2, 0.25) is 0 Å². The molecule has 2 aliphatic rings. The van der Waals surface area contributed by atoms with E-state index in [4.69, 9.17) is 10.9 Å². The summed E-state index contributed by atoms with van der Waals surface area (Å²) in [6.07, 6.45) is 5.72. The van der Waals surface area contributed by atoms with Gasteiger partial charge < -0.3 is 15.8 Å². The highest BCUT2D eigenvalue weighted by Crippen LogP contribution is 2.48. The first-order valence-electron chi connectivity index (χ1n) is 7.46. The third kappa shape index (κ3) is 2.47. The van der Waals surface area contributed by atoms with Crippen LogP contribution in [0.2, 0.25) is 0 Å². The molecule has 4 nitrogen and oxygen atoms in total. The molecule has 2 fully saturated rings. The molecule has 3 rings (SSSR count). The third-order valence-corrected chi connectivity index (χ3v) is 5.08. The molecule has 0 heterocycles. The SMILES string of the molecule is CN(CC1CC2CCC1C2)c1cccc(C(N)=NO)c1. The molecular formula is C16H23N3O. The number of nitrogens with two attached hydrogens (primary N) is 1. The summed E-state index contributed by atoms with van der Waals surface area (Å²) >= 11 is 0. The maximum absolute atomic E-state index is 8.77. The van der Waals surface area contributed by atoms with Crippen molar-refractivity contribution in [1.82, 2.24) is 0 Å². The van der Waals surface area contributed by atoms with Crippen molar-refractivity contribution < 1.29 is 5.21 Å². The minimum absolute atomic E-state index is 0.167. The van der Waals surface area contributed by atoms with Crippen molar-refractivity contribution in [3.63, 3.8) is 0 Å². The van der Waals surface area contributed by atoms with Crippen LogP contribution in [0.3, 0.4) is 0 Å². The number of fused-ring (bicyclic) bond motifs is 2. The fourth-order valence-electron chi connectivity index (χ4n) is 4.02. The summed E-state index contributed by atoms with van der Waals surface area (Å²) in [5, 5.41) is 11.8. The number of oxime groups is 1. The molecule has 0 spiro atoms. The molecule has 0 saturated heterocycles. The molecule has 2 bridgehead atoms. The molecule has 1 aromatic rings. The van der Waals surface area contributed by atoms with Crippen LogP contribution in [0.1, 0.15) is 31.2 Å². The molecule has 2 saturated carbocycles. The fourth-order valence-corrected chi connectivity index (χ4v) is 4.02. The van der Waals surface area contributed by atoms with Gasteiger partial charge in [0.15, 0.2) is 5.84 Å². The first-order chi connectivity index (χ1) is 9.67. The van der Waals surface area contributed by atoms with Crippen molar-refractivity contribution in [2.24, 2.45) is 28.6 Å². The van der Waals surface area contributed by atoms with Crippen LogP contribution >= 0.6 is 0 Å². The number of hydrogen-bond acceptors (Lipinski definition) is 3. The monoisotopic (exact) mass is 273 g/mol. The number of benzene rings is 1. The van der Waals surface area contributed by atoms with Gasteiger partial charge >= 0.3 is 0 Å². The van der Waals surface area contributed by atoms with Crippen LogP contribution in [-0.4, -0.2) is 24.6 Å². The van der Waals surface area contributed by atoms with E-state index in [2.05, 4.69) is 23.2 Å². The van der Waals surface area contributed by atoms with E-state index in [9.17, 15) is 0 Å². The van der Waals surface area contributed by atoms with Gasteiger partial charge in [-0.3, -0.25) is 0 Å². The minimum atomic E-state index is 0.167. The lowest BCUT2D eigenvalue weighted by atomic mass is 9.88. The Balaban J connectivity index is 1.69. The Morgan fingerprint density at radius 2 is 2.25 bits per heavy atom. The first-order valence-corrected chi connectivity index (χ1v) is 7.46. The number of nitrogens with zero attached hydrogens (tertiary/aromatic N) is 2. The van der Waals surface area contributed by atoms with Crippen molar-refractivity contribution in [1.29, 1.82) is 0 Å². The van der Waals surface area contributed by atoms with Gasteiger partial charge in [0.25, 0.3) is 0 Å². The van der Waals surface area contributed by atoms with Crippen LogP contribution in [0.4, 0.5) is 5.69 Å². The van der Waals surface area contributed by atoms with Gasteiger partial charge in [-0.25, -0.2) is 0 Å². The largest absolute Gasteiger partial charge is 0.409 e. The quantitative estimate of drug-likeness (QED) is 0.384. The Morgan fingerprint density at radius 3 is 2.90 bits per heavy atom. The van der Waals surface area contributed by atoms with Crippen LogP contribution in [0, 0.1) is 17.8 Å². The molecule has 0 aliphatic heterocycles. The normalized spacial score (nSPS) is 28.9. The standard InChI is InChI=1S/C16H23N3O/c1-19(10-14-8-11-5-6-12(14)7-11)15-4-2-3-13(9-15)16(17)18-20/h2-4,9,11-12,14,20H,5-8,10H2,1H3,(H2,17,18). The molecule has 108 valence electrons. The Hall–Kier alpha value is -1.71.